The SMILES string of the molecule is C[C@@H]1CC[C@@H](CN)CN1C(=O)OCc1ccccc1. The van der Waals surface area contributed by atoms with Gasteiger partial charge in [0, 0.05) is 12.6 Å². The predicted octanol–water partition coefficient (Wildman–Crippen LogP) is 2.38. The molecule has 19 heavy (non-hydrogen) atoms. The molecule has 1 heterocycles. The molecular weight excluding hydrogens is 240 g/mol. The molecule has 1 saturated heterocycles. The molecule has 2 N–H and O–H groups in total. The second kappa shape index (κ2) is 6.57. The molecule has 2 rings (SSSR count). The first-order chi connectivity index (χ1) is 9.20. The Hall–Kier alpha value is -1.55. The Morgan fingerprint density at radius 3 is 2.79 bits per heavy atom. The molecule has 1 aromatic rings. The minimum absolute atomic E-state index is 0.227. The lowest BCUT2D eigenvalue weighted by molar-refractivity contribution is 0.0600. The van der Waals surface area contributed by atoms with E-state index in [0.717, 1.165) is 18.4 Å². The average Bonchev–Trinajstić information content (AvgIpc) is 2.46. The second-order valence-electron chi connectivity index (χ2n) is 5.22. The van der Waals surface area contributed by atoms with E-state index >= 15 is 0 Å². The molecule has 1 aliphatic heterocycles. The third-order valence-electron chi connectivity index (χ3n) is 3.75. The van der Waals surface area contributed by atoms with Crippen LogP contribution in [-0.2, 0) is 11.3 Å². The van der Waals surface area contributed by atoms with Gasteiger partial charge in [-0.2, -0.15) is 0 Å². The van der Waals surface area contributed by atoms with E-state index in [0.29, 0.717) is 25.6 Å². The summed E-state index contributed by atoms with van der Waals surface area (Å²) in [5.41, 5.74) is 6.71. The highest BCUT2D eigenvalue weighted by Crippen LogP contribution is 2.22. The summed E-state index contributed by atoms with van der Waals surface area (Å²) in [6, 6.07) is 9.98. The van der Waals surface area contributed by atoms with Crippen molar-refractivity contribution in [2.45, 2.75) is 32.4 Å². The van der Waals surface area contributed by atoms with Gasteiger partial charge in [-0.1, -0.05) is 30.3 Å². The lowest BCUT2D eigenvalue weighted by atomic mass is 9.94. The number of hydrogen-bond acceptors (Lipinski definition) is 3. The monoisotopic (exact) mass is 262 g/mol. The smallest absolute Gasteiger partial charge is 0.410 e. The number of likely N-dealkylation sites (tertiary alicyclic amines) is 1. The molecule has 4 heteroatoms. The van der Waals surface area contributed by atoms with Crippen molar-refractivity contribution in [3.63, 3.8) is 0 Å². The Morgan fingerprint density at radius 2 is 2.11 bits per heavy atom. The summed E-state index contributed by atoms with van der Waals surface area (Å²) in [6.07, 6.45) is 1.87. The molecule has 0 bridgehead atoms. The van der Waals surface area contributed by atoms with Crippen LogP contribution in [0, 0.1) is 5.92 Å². The summed E-state index contributed by atoms with van der Waals surface area (Å²) in [6.45, 7) is 3.74. The van der Waals surface area contributed by atoms with Crippen LogP contribution in [-0.4, -0.2) is 30.1 Å². The zero-order valence-corrected chi connectivity index (χ0v) is 11.4. The fourth-order valence-corrected chi connectivity index (χ4v) is 2.43. The molecule has 1 aromatic carbocycles. The summed E-state index contributed by atoms with van der Waals surface area (Å²) in [7, 11) is 0. The van der Waals surface area contributed by atoms with Gasteiger partial charge in [-0.15, -0.1) is 0 Å². The van der Waals surface area contributed by atoms with Crippen LogP contribution in [0.25, 0.3) is 0 Å². The fourth-order valence-electron chi connectivity index (χ4n) is 2.43. The number of hydrogen-bond donors (Lipinski definition) is 1. The van der Waals surface area contributed by atoms with Crippen LogP contribution in [0.15, 0.2) is 30.3 Å². The molecule has 1 aliphatic rings. The van der Waals surface area contributed by atoms with Crippen molar-refractivity contribution < 1.29 is 9.53 Å². The number of nitrogens with zero attached hydrogens (tertiary/aromatic N) is 1. The lowest BCUT2D eigenvalue weighted by Gasteiger charge is -2.36. The van der Waals surface area contributed by atoms with E-state index < -0.39 is 0 Å². The number of benzene rings is 1. The van der Waals surface area contributed by atoms with Crippen LogP contribution >= 0.6 is 0 Å². The highest BCUT2D eigenvalue weighted by atomic mass is 16.6. The van der Waals surface area contributed by atoms with E-state index in [-0.39, 0.29) is 12.1 Å². The Kier molecular flexibility index (Phi) is 4.80. The van der Waals surface area contributed by atoms with Crippen molar-refractivity contribution in [2.24, 2.45) is 11.7 Å². The number of piperidine rings is 1. The predicted molar refractivity (Wildman–Crippen MR) is 74.6 cm³/mol. The first-order valence-corrected chi connectivity index (χ1v) is 6.88. The maximum atomic E-state index is 12.1. The van der Waals surface area contributed by atoms with Gasteiger partial charge in [-0.05, 0) is 37.8 Å². The minimum Gasteiger partial charge on any atom is -0.445 e. The fraction of sp³-hybridized carbons (Fsp3) is 0.533. The van der Waals surface area contributed by atoms with Crippen LogP contribution in [0.3, 0.4) is 0 Å². The first-order valence-electron chi connectivity index (χ1n) is 6.88. The summed E-state index contributed by atoms with van der Waals surface area (Å²) in [5.74, 6) is 0.403. The third-order valence-corrected chi connectivity index (χ3v) is 3.75. The Labute approximate surface area is 114 Å². The molecule has 0 spiro atoms. The van der Waals surface area contributed by atoms with Crippen molar-refractivity contribution in [1.29, 1.82) is 0 Å². The average molecular weight is 262 g/mol. The largest absolute Gasteiger partial charge is 0.445 e. The van der Waals surface area contributed by atoms with E-state index in [1.165, 1.54) is 0 Å². The third kappa shape index (κ3) is 3.70. The van der Waals surface area contributed by atoms with Crippen LogP contribution in [0.2, 0.25) is 0 Å². The molecular formula is C15H22N2O2. The summed E-state index contributed by atoms with van der Waals surface area (Å²) >= 11 is 0. The van der Waals surface area contributed by atoms with E-state index in [1.807, 2.05) is 35.2 Å². The molecule has 0 radical (unpaired) electrons. The maximum Gasteiger partial charge on any atom is 0.410 e. The molecule has 1 fully saturated rings. The van der Waals surface area contributed by atoms with Crippen LogP contribution in [0.4, 0.5) is 4.79 Å². The molecule has 1 amide bonds. The number of rotatable bonds is 3. The van der Waals surface area contributed by atoms with Gasteiger partial charge in [0.05, 0.1) is 0 Å². The molecule has 0 aromatic heterocycles. The molecule has 104 valence electrons. The maximum absolute atomic E-state index is 12.1. The van der Waals surface area contributed by atoms with Gasteiger partial charge in [0.2, 0.25) is 0 Å². The number of ether oxygens (including phenoxy) is 1. The standard InChI is InChI=1S/C15H22N2O2/c1-12-7-8-14(9-16)10-17(12)15(18)19-11-13-5-3-2-4-6-13/h2-6,12,14H,7-11,16H2,1H3/t12-,14+/m1/s1. The molecule has 0 saturated carbocycles. The topological polar surface area (TPSA) is 55.6 Å². The van der Waals surface area contributed by atoms with Crippen LogP contribution in [0.1, 0.15) is 25.3 Å². The van der Waals surface area contributed by atoms with Gasteiger partial charge in [0.25, 0.3) is 0 Å². The van der Waals surface area contributed by atoms with Crippen molar-refractivity contribution in [1.82, 2.24) is 4.90 Å². The van der Waals surface area contributed by atoms with Crippen molar-refractivity contribution >= 4 is 6.09 Å². The molecule has 4 nitrogen and oxygen atoms in total. The molecule has 0 aliphatic carbocycles. The number of carbonyl (C=O) groups is 1. The van der Waals surface area contributed by atoms with Gasteiger partial charge in [0.15, 0.2) is 0 Å². The van der Waals surface area contributed by atoms with Gasteiger partial charge in [-0.3, -0.25) is 0 Å². The van der Waals surface area contributed by atoms with Gasteiger partial charge in [-0.25, -0.2) is 4.79 Å². The molecule has 0 unspecified atom stereocenters. The van der Waals surface area contributed by atoms with Gasteiger partial charge < -0.3 is 15.4 Å². The van der Waals surface area contributed by atoms with Crippen molar-refractivity contribution in [3.8, 4) is 0 Å². The summed E-state index contributed by atoms with van der Waals surface area (Å²) in [4.78, 5) is 13.9. The second-order valence-corrected chi connectivity index (χ2v) is 5.22. The molecule has 2 atom stereocenters. The van der Waals surface area contributed by atoms with E-state index in [1.54, 1.807) is 0 Å². The Balaban J connectivity index is 1.88. The van der Waals surface area contributed by atoms with Crippen molar-refractivity contribution in [3.05, 3.63) is 35.9 Å². The lowest BCUT2D eigenvalue weighted by Crippen LogP contribution is -2.47. The Morgan fingerprint density at radius 1 is 1.37 bits per heavy atom. The quantitative estimate of drug-likeness (QED) is 0.910. The van der Waals surface area contributed by atoms with E-state index in [4.69, 9.17) is 10.5 Å². The zero-order valence-electron chi connectivity index (χ0n) is 11.4. The first kappa shape index (κ1) is 13.9. The Bertz CT molecular complexity index is 408. The van der Waals surface area contributed by atoms with Gasteiger partial charge in [0.1, 0.15) is 6.61 Å². The highest BCUT2D eigenvalue weighted by molar-refractivity contribution is 5.68. The number of carbonyl (C=O) groups excluding carboxylic acids is 1. The number of nitrogens with two attached hydrogens (primary N) is 1. The number of amides is 1. The van der Waals surface area contributed by atoms with Crippen molar-refractivity contribution in [2.75, 3.05) is 13.1 Å². The highest BCUT2D eigenvalue weighted by Gasteiger charge is 2.29. The van der Waals surface area contributed by atoms with Crippen LogP contribution in [0.5, 0.6) is 0 Å². The van der Waals surface area contributed by atoms with Gasteiger partial charge >= 0.3 is 6.09 Å². The van der Waals surface area contributed by atoms with E-state index in [2.05, 4.69) is 6.92 Å². The summed E-state index contributed by atoms with van der Waals surface area (Å²) < 4.78 is 5.38. The summed E-state index contributed by atoms with van der Waals surface area (Å²) in [5, 5.41) is 0. The van der Waals surface area contributed by atoms with Crippen LogP contribution < -0.4 is 5.73 Å². The normalized spacial score (nSPS) is 23.2. The zero-order chi connectivity index (χ0) is 13.7. The minimum atomic E-state index is -0.227. The van der Waals surface area contributed by atoms with E-state index in [9.17, 15) is 4.79 Å².